The van der Waals surface area contributed by atoms with Gasteiger partial charge in [0.25, 0.3) is 0 Å². The van der Waals surface area contributed by atoms with Crippen molar-refractivity contribution in [2.24, 2.45) is 0 Å². The summed E-state index contributed by atoms with van der Waals surface area (Å²) in [6.07, 6.45) is 0.457. The molecule has 1 heterocycles. The molecule has 4 aromatic rings. The lowest BCUT2D eigenvalue weighted by atomic mass is 9.94. The summed E-state index contributed by atoms with van der Waals surface area (Å²) in [5.74, 6) is 0.439. The number of carbonyl (C=O) groups is 2. The van der Waals surface area contributed by atoms with Gasteiger partial charge in [-0.05, 0) is 66.4 Å². The minimum absolute atomic E-state index is 0.0420. The smallest absolute Gasteiger partial charge is 0.355 e. The van der Waals surface area contributed by atoms with Crippen molar-refractivity contribution >= 4 is 11.9 Å². The molecular weight excluding hydrogens is 526 g/mol. The number of aryl methyl sites for hydroxylation is 1. The van der Waals surface area contributed by atoms with Gasteiger partial charge in [0.05, 0.1) is 35.0 Å². The van der Waals surface area contributed by atoms with Crippen LogP contribution in [0.15, 0.2) is 66.7 Å². The molecule has 0 aliphatic rings. The van der Waals surface area contributed by atoms with E-state index in [9.17, 15) is 14.7 Å². The summed E-state index contributed by atoms with van der Waals surface area (Å²) in [4.78, 5) is 26.6. The van der Waals surface area contributed by atoms with E-state index in [1.54, 1.807) is 63.6 Å². The van der Waals surface area contributed by atoms with Crippen LogP contribution in [-0.4, -0.2) is 56.7 Å². The van der Waals surface area contributed by atoms with Gasteiger partial charge in [-0.1, -0.05) is 30.3 Å². The molecule has 1 N–H and O–H groups in total. The average Bonchev–Trinajstić information content (AvgIpc) is 3.35. The molecule has 9 heteroatoms. The molecule has 0 radical (unpaired) electrons. The number of nitrogens with zero attached hydrogens (tertiary/aromatic N) is 1. The number of ether oxygens (including phenoxy) is 5. The molecule has 0 saturated heterocycles. The van der Waals surface area contributed by atoms with Gasteiger partial charge in [-0.15, -0.1) is 0 Å². The molecule has 4 rings (SSSR count). The van der Waals surface area contributed by atoms with Gasteiger partial charge in [-0.2, -0.15) is 0 Å². The number of carboxylic acid groups (broad SMARTS) is 1. The van der Waals surface area contributed by atoms with E-state index in [1.165, 1.54) is 18.8 Å². The number of hydrogen-bond acceptors (Lipinski definition) is 7. The number of esters is 1. The first-order valence-corrected chi connectivity index (χ1v) is 13.0. The highest BCUT2D eigenvalue weighted by atomic mass is 16.5. The van der Waals surface area contributed by atoms with Crippen LogP contribution in [0.25, 0.3) is 22.3 Å². The predicted octanol–water partition coefficient (Wildman–Crippen LogP) is 5.97. The van der Waals surface area contributed by atoms with Crippen molar-refractivity contribution in [2.75, 3.05) is 35.0 Å². The fourth-order valence-electron chi connectivity index (χ4n) is 4.82. The number of hydrogen-bond donors (Lipinski definition) is 1. The number of carboxylic acids is 1. The molecule has 0 atom stereocenters. The van der Waals surface area contributed by atoms with Crippen molar-refractivity contribution in [2.45, 2.75) is 19.9 Å². The third-order valence-corrected chi connectivity index (χ3v) is 6.77. The van der Waals surface area contributed by atoms with E-state index >= 15 is 0 Å². The van der Waals surface area contributed by atoms with Crippen molar-refractivity contribution in [1.82, 2.24) is 4.57 Å². The van der Waals surface area contributed by atoms with Crippen molar-refractivity contribution in [3.05, 3.63) is 83.7 Å². The summed E-state index contributed by atoms with van der Waals surface area (Å²) in [5, 5.41) is 10.6. The highest BCUT2D eigenvalue weighted by Crippen LogP contribution is 2.43. The van der Waals surface area contributed by atoms with Crippen LogP contribution >= 0.6 is 0 Å². The quantitative estimate of drug-likeness (QED) is 0.212. The van der Waals surface area contributed by atoms with Gasteiger partial charge >= 0.3 is 11.9 Å². The van der Waals surface area contributed by atoms with Crippen LogP contribution < -0.4 is 18.9 Å². The Hall–Kier alpha value is -4.92. The van der Waals surface area contributed by atoms with Gasteiger partial charge in [0, 0.05) is 17.7 Å². The van der Waals surface area contributed by atoms with Gasteiger partial charge in [0.15, 0.2) is 11.5 Å². The Labute approximate surface area is 238 Å². The minimum atomic E-state index is -1.19. The second kappa shape index (κ2) is 13.0. The van der Waals surface area contributed by atoms with Crippen molar-refractivity contribution in [1.29, 1.82) is 0 Å². The molecule has 0 bridgehead atoms. The normalized spacial score (nSPS) is 10.7. The number of rotatable bonds is 12. The lowest BCUT2D eigenvalue weighted by molar-refractivity contribution is 0.0514. The minimum Gasteiger partial charge on any atom is -0.497 e. The van der Waals surface area contributed by atoms with Crippen LogP contribution in [0.3, 0.4) is 0 Å². The Morgan fingerprint density at radius 2 is 1.27 bits per heavy atom. The van der Waals surface area contributed by atoms with Gasteiger partial charge in [0.2, 0.25) is 0 Å². The highest BCUT2D eigenvalue weighted by molar-refractivity contribution is 6.09. The Balaban J connectivity index is 2.02. The first kappa shape index (κ1) is 29.1. The summed E-state index contributed by atoms with van der Waals surface area (Å²) < 4.78 is 28.5. The number of benzene rings is 3. The molecule has 0 spiro atoms. The lowest BCUT2D eigenvalue weighted by Gasteiger charge is -2.13. The first-order valence-electron chi connectivity index (χ1n) is 13.0. The average molecular weight is 560 g/mol. The summed E-state index contributed by atoms with van der Waals surface area (Å²) >= 11 is 0. The van der Waals surface area contributed by atoms with Crippen LogP contribution in [-0.2, 0) is 17.7 Å². The number of methoxy groups -OCH3 is 4. The van der Waals surface area contributed by atoms with Gasteiger partial charge in [-0.3, -0.25) is 0 Å². The molecule has 3 aromatic carbocycles. The van der Waals surface area contributed by atoms with Gasteiger partial charge in [0.1, 0.15) is 22.9 Å². The number of carbonyl (C=O) groups excluding carboxylic acids is 1. The number of aromatic carboxylic acids is 1. The molecule has 1 aromatic heterocycles. The van der Waals surface area contributed by atoms with Crippen LogP contribution in [0, 0.1) is 0 Å². The molecule has 0 unspecified atom stereocenters. The van der Waals surface area contributed by atoms with Crippen molar-refractivity contribution in [3.63, 3.8) is 0 Å². The summed E-state index contributed by atoms with van der Waals surface area (Å²) in [7, 11) is 6.19. The van der Waals surface area contributed by atoms with Crippen molar-refractivity contribution < 1.29 is 38.4 Å². The third kappa shape index (κ3) is 5.99. The van der Waals surface area contributed by atoms with E-state index in [-0.39, 0.29) is 24.5 Å². The van der Waals surface area contributed by atoms with Gasteiger partial charge < -0.3 is 33.4 Å². The van der Waals surface area contributed by atoms with Crippen LogP contribution in [0.1, 0.15) is 33.5 Å². The summed E-state index contributed by atoms with van der Waals surface area (Å²) in [6, 6.07) is 19.8. The monoisotopic (exact) mass is 559 g/mol. The van der Waals surface area contributed by atoms with E-state index in [0.717, 1.165) is 5.56 Å². The van der Waals surface area contributed by atoms with Crippen LogP contribution in [0.4, 0.5) is 0 Å². The molecular formula is C32H33NO8. The maximum Gasteiger partial charge on any atom is 0.355 e. The van der Waals surface area contributed by atoms with E-state index in [2.05, 4.69) is 0 Å². The van der Waals surface area contributed by atoms with Gasteiger partial charge in [-0.25, -0.2) is 9.59 Å². The van der Waals surface area contributed by atoms with E-state index in [1.807, 2.05) is 24.3 Å². The molecule has 0 amide bonds. The molecule has 214 valence electrons. The largest absolute Gasteiger partial charge is 0.497 e. The zero-order valence-electron chi connectivity index (χ0n) is 23.7. The second-order valence-corrected chi connectivity index (χ2v) is 9.02. The standard InChI is InChI=1S/C32H33NO8/c1-6-41-32(36)30-27(21-9-14-24(38-3)15-10-21)28(22-11-16-25(39-4)26(19-22)40-5)29(31(34)35)33(30)18-17-20-7-12-23(37-2)13-8-20/h7-16,19H,6,17-18H2,1-5H3,(H,34,35). The SMILES string of the molecule is CCOC(=O)c1c(-c2ccc(OC)cc2)c(-c2ccc(OC)c(OC)c2)c(C(=O)O)n1CCc1ccc(OC)cc1. The Kier molecular flexibility index (Phi) is 9.19. The molecule has 0 fully saturated rings. The molecule has 9 nitrogen and oxygen atoms in total. The summed E-state index contributed by atoms with van der Waals surface area (Å²) in [6.45, 7) is 2.04. The highest BCUT2D eigenvalue weighted by Gasteiger charge is 2.33. The lowest BCUT2D eigenvalue weighted by Crippen LogP contribution is -2.18. The van der Waals surface area contributed by atoms with Crippen LogP contribution in [0.5, 0.6) is 23.0 Å². The maximum atomic E-state index is 13.6. The molecule has 41 heavy (non-hydrogen) atoms. The maximum absolute atomic E-state index is 13.6. The third-order valence-electron chi connectivity index (χ3n) is 6.77. The van der Waals surface area contributed by atoms with Crippen molar-refractivity contribution in [3.8, 4) is 45.3 Å². The summed E-state index contributed by atoms with van der Waals surface area (Å²) in [5.41, 5.74) is 3.02. The zero-order chi connectivity index (χ0) is 29.5. The van der Waals surface area contributed by atoms with Crippen LogP contribution in [0.2, 0.25) is 0 Å². The topological polar surface area (TPSA) is 105 Å². The zero-order valence-corrected chi connectivity index (χ0v) is 23.7. The van der Waals surface area contributed by atoms with E-state index in [0.29, 0.717) is 51.7 Å². The predicted molar refractivity (Wildman–Crippen MR) is 155 cm³/mol. The fourth-order valence-corrected chi connectivity index (χ4v) is 4.82. The van der Waals surface area contributed by atoms with E-state index < -0.39 is 11.9 Å². The number of aromatic nitrogens is 1. The first-order chi connectivity index (χ1) is 19.9. The Bertz CT molecular complexity index is 1520. The fraction of sp³-hybridized carbons (Fsp3) is 0.250. The van der Waals surface area contributed by atoms with E-state index in [4.69, 9.17) is 23.7 Å². The molecule has 0 aliphatic carbocycles. The Morgan fingerprint density at radius 3 is 1.80 bits per heavy atom. The molecule has 0 aliphatic heterocycles. The Morgan fingerprint density at radius 1 is 0.707 bits per heavy atom. The second-order valence-electron chi connectivity index (χ2n) is 9.02. The molecule has 0 saturated carbocycles.